The first kappa shape index (κ1) is 15.1. The van der Waals surface area contributed by atoms with Gasteiger partial charge in [-0.2, -0.15) is 4.98 Å². The van der Waals surface area contributed by atoms with E-state index in [-0.39, 0.29) is 17.3 Å². The molecule has 0 amide bonds. The van der Waals surface area contributed by atoms with Crippen LogP contribution >= 0.6 is 11.3 Å². The van der Waals surface area contributed by atoms with Crippen LogP contribution in [0.2, 0.25) is 0 Å². The van der Waals surface area contributed by atoms with Gasteiger partial charge >= 0.3 is 0 Å². The van der Waals surface area contributed by atoms with Gasteiger partial charge in [-0.05, 0) is 19.5 Å². The molecule has 0 saturated heterocycles. The van der Waals surface area contributed by atoms with Crippen LogP contribution in [0.4, 0.5) is 0 Å². The number of thiophene rings is 1. The molecule has 0 saturated carbocycles. The molecule has 0 bridgehead atoms. The van der Waals surface area contributed by atoms with Crippen LogP contribution in [0.25, 0.3) is 0 Å². The molecule has 0 atom stereocenters. The summed E-state index contributed by atoms with van der Waals surface area (Å²) in [6.45, 7) is 5.17. The summed E-state index contributed by atoms with van der Waals surface area (Å²) in [6, 6.07) is 1.66. The van der Waals surface area contributed by atoms with Gasteiger partial charge in [-0.15, -0.1) is 11.3 Å². The zero-order chi connectivity index (χ0) is 14.6. The third-order valence-electron chi connectivity index (χ3n) is 2.47. The molecule has 7 nitrogen and oxygen atoms in total. The molecule has 2 N–H and O–H groups in total. The van der Waals surface area contributed by atoms with Crippen LogP contribution in [0.15, 0.2) is 20.9 Å². The van der Waals surface area contributed by atoms with E-state index in [1.165, 1.54) is 11.3 Å². The molecule has 2 aromatic rings. The number of rotatable bonds is 7. The van der Waals surface area contributed by atoms with Gasteiger partial charge in [0.1, 0.15) is 0 Å². The van der Waals surface area contributed by atoms with Gasteiger partial charge in [0, 0.05) is 16.8 Å². The van der Waals surface area contributed by atoms with E-state index in [9.17, 15) is 8.42 Å². The molecule has 20 heavy (non-hydrogen) atoms. The number of sulfonamides is 1. The number of aryl methyl sites for hydroxylation is 1. The van der Waals surface area contributed by atoms with E-state index in [1.807, 2.05) is 6.92 Å². The standard InChI is InChI=1S/C11H16N4O3S2/c1-3-12-5-9-4-10(7-19-9)20(16,17)13-6-11-14-8(2)15-18-11/h4,7,12-13H,3,5-6H2,1-2H3. The molecule has 0 radical (unpaired) electrons. The molecule has 110 valence electrons. The highest BCUT2D eigenvalue weighted by molar-refractivity contribution is 7.89. The highest BCUT2D eigenvalue weighted by Gasteiger charge is 2.17. The van der Waals surface area contributed by atoms with E-state index in [0.717, 1.165) is 11.4 Å². The highest BCUT2D eigenvalue weighted by atomic mass is 32.2. The van der Waals surface area contributed by atoms with Crippen LogP contribution < -0.4 is 10.0 Å². The molecule has 0 aliphatic rings. The van der Waals surface area contributed by atoms with E-state index < -0.39 is 10.0 Å². The van der Waals surface area contributed by atoms with Crippen LogP contribution in [0.5, 0.6) is 0 Å². The zero-order valence-electron chi connectivity index (χ0n) is 11.2. The maximum Gasteiger partial charge on any atom is 0.241 e. The minimum absolute atomic E-state index is 0.0123. The third kappa shape index (κ3) is 3.85. The highest BCUT2D eigenvalue weighted by Crippen LogP contribution is 2.19. The van der Waals surface area contributed by atoms with E-state index in [4.69, 9.17) is 4.52 Å². The van der Waals surface area contributed by atoms with E-state index >= 15 is 0 Å². The lowest BCUT2D eigenvalue weighted by Crippen LogP contribution is -2.23. The van der Waals surface area contributed by atoms with Gasteiger partial charge in [0.2, 0.25) is 15.9 Å². The second-order valence-corrected chi connectivity index (χ2v) is 6.85. The average Bonchev–Trinajstić information content (AvgIpc) is 3.03. The average molecular weight is 316 g/mol. The summed E-state index contributed by atoms with van der Waals surface area (Å²) in [4.78, 5) is 5.17. The van der Waals surface area contributed by atoms with Gasteiger partial charge in [-0.1, -0.05) is 12.1 Å². The van der Waals surface area contributed by atoms with Crippen molar-refractivity contribution in [3.05, 3.63) is 28.0 Å². The lowest BCUT2D eigenvalue weighted by molar-refractivity contribution is 0.372. The summed E-state index contributed by atoms with van der Waals surface area (Å²) < 4.78 is 31.5. The van der Waals surface area contributed by atoms with Crippen molar-refractivity contribution >= 4 is 21.4 Å². The fraction of sp³-hybridized carbons (Fsp3) is 0.455. The predicted octanol–water partition coefficient (Wildman–Crippen LogP) is 1.03. The monoisotopic (exact) mass is 316 g/mol. The van der Waals surface area contributed by atoms with Crippen LogP contribution in [-0.4, -0.2) is 25.1 Å². The topological polar surface area (TPSA) is 97.1 Å². The predicted molar refractivity (Wildman–Crippen MR) is 74.8 cm³/mol. The molecule has 0 aliphatic heterocycles. The van der Waals surface area contributed by atoms with Crippen LogP contribution in [-0.2, 0) is 23.1 Å². The molecule has 2 heterocycles. The molecule has 0 aromatic carbocycles. The van der Waals surface area contributed by atoms with Crippen LogP contribution in [0.3, 0.4) is 0 Å². The van der Waals surface area contributed by atoms with Crippen molar-refractivity contribution in [2.75, 3.05) is 6.54 Å². The fourth-order valence-electron chi connectivity index (χ4n) is 1.49. The number of aromatic nitrogens is 2. The molecule has 0 fully saturated rings. The van der Waals surface area contributed by atoms with Crippen molar-refractivity contribution in [1.82, 2.24) is 20.2 Å². The van der Waals surface area contributed by atoms with Gasteiger partial charge in [0.25, 0.3) is 0 Å². The minimum atomic E-state index is -3.55. The Kier molecular flexibility index (Phi) is 4.86. The lowest BCUT2D eigenvalue weighted by atomic mass is 10.4. The second-order valence-electron chi connectivity index (χ2n) is 4.09. The first-order valence-electron chi connectivity index (χ1n) is 6.08. The van der Waals surface area contributed by atoms with Crippen molar-refractivity contribution in [2.45, 2.75) is 31.8 Å². The zero-order valence-corrected chi connectivity index (χ0v) is 12.8. The number of nitrogens with one attached hydrogen (secondary N) is 2. The Balaban J connectivity index is 2.00. The smallest absolute Gasteiger partial charge is 0.241 e. The van der Waals surface area contributed by atoms with Crippen molar-refractivity contribution in [3.63, 3.8) is 0 Å². The molecule has 0 unspecified atom stereocenters. The van der Waals surface area contributed by atoms with Crippen molar-refractivity contribution < 1.29 is 12.9 Å². The summed E-state index contributed by atoms with van der Waals surface area (Å²) in [6.07, 6.45) is 0. The Morgan fingerprint density at radius 3 is 2.85 bits per heavy atom. The summed E-state index contributed by atoms with van der Waals surface area (Å²) in [7, 11) is -3.55. The maximum atomic E-state index is 12.1. The molecule has 2 aromatic heterocycles. The van der Waals surface area contributed by atoms with E-state index in [0.29, 0.717) is 12.4 Å². The Morgan fingerprint density at radius 1 is 1.40 bits per heavy atom. The van der Waals surface area contributed by atoms with Gasteiger partial charge in [-0.3, -0.25) is 0 Å². The van der Waals surface area contributed by atoms with Crippen molar-refractivity contribution in [1.29, 1.82) is 0 Å². The first-order chi connectivity index (χ1) is 9.51. The van der Waals surface area contributed by atoms with Gasteiger partial charge in [0.05, 0.1) is 11.4 Å². The van der Waals surface area contributed by atoms with Crippen molar-refractivity contribution in [2.24, 2.45) is 0 Å². The molecular formula is C11H16N4O3S2. The summed E-state index contributed by atoms with van der Waals surface area (Å²) in [5.74, 6) is 0.719. The number of hydrogen-bond donors (Lipinski definition) is 2. The number of hydrogen-bond acceptors (Lipinski definition) is 7. The van der Waals surface area contributed by atoms with Gasteiger partial charge in [-0.25, -0.2) is 13.1 Å². The summed E-state index contributed by atoms with van der Waals surface area (Å²) in [5, 5.41) is 8.37. The molecular weight excluding hydrogens is 300 g/mol. The van der Waals surface area contributed by atoms with Crippen LogP contribution in [0, 0.1) is 6.92 Å². The molecule has 0 aliphatic carbocycles. The quantitative estimate of drug-likeness (QED) is 0.792. The Hall–Kier alpha value is -1.29. The Labute approximate surface area is 121 Å². The Bertz CT molecular complexity index is 663. The Morgan fingerprint density at radius 2 is 2.20 bits per heavy atom. The lowest BCUT2D eigenvalue weighted by Gasteiger charge is -2.01. The van der Waals surface area contributed by atoms with E-state index in [2.05, 4.69) is 20.2 Å². The maximum absolute atomic E-state index is 12.1. The normalized spacial score (nSPS) is 11.9. The second kappa shape index (κ2) is 6.44. The van der Waals surface area contributed by atoms with Gasteiger partial charge < -0.3 is 9.84 Å². The molecule has 9 heteroatoms. The molecule has 0 spiro atoms. The third-order valence-corrected chi connectivity index (χ3v) is 4.94. The first-order valence-corrected chi connectivity index (χ1v) is 8.44. The molecule has 2 rings (SSSR count). The SMILES string of the molecule is CCNCc1cc(S(=O)(=O)NCc2nc(C)no2)cs1. The van der Waals surface area contributed by atoms with Crippen molar-refractivity contribution in [3.8, 4) is 0 Å². The summed E-state index contributed by atoms with van der Waals surface area (Å²) >= 11 is 1.41. The van der Waals surface area contributed by atoms with E-state index in [1.54, 1.807) is 18.4 Å². The largest absolute Gasteiger partial charge is 0.338 e. The van der Waals surface area contributed by atoms with Crippen LogP contribution in [0.1, 0.15) is 23.5 Å². The minimum Gasteiger partial charge on any atom is -0.338 e. The fourth-order valence-corrected chi connectivity index (χ4v) is 3.71. The van der Waals surface area contributed by atoms with Gasteiger partial charge in [0.15, 0.2) is 5.82 Å². The number of nitrogens with zero attached hydrogens (tertiary/aromatic N) is 2. The summed E-state index contributed by atoms with van der Waals surface area (Å²) in [5.41, 5.74) is 0.